The highest BCUT2D eigenvalue weighted by Crippen LogP contribution is 2.24. The maximum atomic E-state index is 13.0. The zero-order valence-corrected chi connectivity index (χ0v) is 15.9. The zero-order chi connectivity index (χ0) is 19.3. The number of benzene rings is 2. The molecule has 0 spiro atoms. The Kier molecular flexibility index (Phi) is 5.72. The fourth-order valence-corrected chi connectivity index (χ4v) is 3.80. The molecule has 0 bridgehead atoms. The molecule has 0 unspecified atom stereocenters. The molecule has 0 saturated carbocycles. The van der Waals surface area contributed by atoms with Gasteiger partial charge < -0.3 is 14.2 Å². The Hall–Kier alpha value is -2.66. The minimum atomic E-state index is -0.194. The fourth-order valence-electron chi connectivity index (χ4n) is 3.80. The number of hydrogen-bond donors (Lipinski definition) is 0. The highest BCUT2D eigenvalue weighted by molar-refractivity contribution is 6.07. The summed E-state index contributed by atoms with van der Waals surface area (Å²) >= 11 is 0. The SMILES string of the molecule is O=C(c1cn(CCCCc2ccc(F)cc2)c2ccccc12)N1CCOCC1. The van der Waals surface area contributed by atoms with Gasteiger partial charge in [-0.25, -0.2) is 4.39 Å². The molecule has 28 heavy (non-hydrogen) atoms. The molecular formula is C23H25FN2O2. The fraction of sp³-hybridized carbons (Fsp3) is 0.348. The van der Waals surface area contributed by atoms with Crippen molar-refractivity contribution in [2.75, 3.05) is 26.3 Å². The van der Waals surface area contributed by atoms with Gasteiger partial charge in [-0.1, -0.05) is 30.3 Å². The normalized spacial score (nSPS) is 14.5. The van der Waals surface area contributed by atoms with E-state index >= 15 is 0 Å². The van der Waals surface area contributed by atoms with Crippen molar-refractivity contribution in [2.45, 2.75) is 25.8 Å². The minimum absolute atomic E-state index is 0.0876. The van der Waals surface area contributed by atoms with E-state index in [0.717, 1.165) is 47.8 Å². The first-order valence-electron chi connectivity index (χ1n) is 9.92. The maximum Gasteiger partial charge on any atom is 0.256 e. The Balaban J connectivity index is 1.45. The molecule has 1 saturated heterocycles. The third kappa shape index (κ3) is 4.09. The molecule has 2 aromatic carbocycles. The molecule has 4 nitrogen and oxygen atoms in total. The van der Waals surface area contributed by atoms with E-state index in [1.807, 2.05) is 41.4 Å². The molecule has 0 aliphatic carbocycles. The predicted octanol–water partition coefficient (Wildman–Crippen LogP) is 4.28. The average molecular weight is 380 g/mol. The molecule has 146 valence electrons. The summed E-state index contributed by atoms with van der Waals surface area (Å²) in [7, 11) is 0. The van der Waals surface area contributed by atoms with E-state index in [1.165, 1.54) is 12.1 Å². The first kappa shape index (κ1) is 18.7. The summed E-state index contributed by atoms with van der Waals surface area (Å²) < 4.78 is 20.6. The molecule has 1 amide bonds. The number of carbonyl (C=O) groups excluding carboxylic acids is 1. The number of halogens is 1. The van der Waals surface area contributed by atoms with Gasteiger partial charge in [0.15, 0.2) is 0 Å². The molecule has 4 rings (SSSR count). The van der Waals surface area contributed by atoms with Gasteiger partial charge in [0.1, 0.15) is 5.82 Å². The Bertz CT molecular complexity index is 943. The number of ether oxygens (including phenoxy) is 1. The van der Waals surface area contributed by atoms with Crippen molar-refractivity contribution in [2.24, 2.45) is 0 Å². The van der Waals surface area contributed by atoms with Crippen LogP contribution in [0.1, 0.15) is 28.8 Å². The predicted molar refractivity (Wildman–Crippen MR) is 108 cm³/mol. The van der Waals surface area contributed by atoms with Crippen LogP contribution in [0.4, 0.5) is 4.39 Å². The van der Waals surface area contributed by atoms with E-state index in [4.69, 9.17) is 4.74 Å². The Morgan fingerprint density at radius 2 is 1.75 bits per heavy atom. The summed E-state index contributed by atoms with van der Waals surface area (Å²) in [5.41, 5.74) is 3.03. The van der Waals surface area contributed by atoms with Gasteiger partial charge in [0.2, 0.25) is 0 Å². The van der Waals surface area contributed by atoms with Crippen LogP contribution in [0.2, 0.25) is 0 Å². The lowest BCUT2D eigenvalue weighted by molar-refractivity contribution is 0.0304. The average Bonchev–Trinajstić information content (AvgIpc) is 3.11. The van der Waals surface area contributed by atoms with E-state index in [-0.39, 0.29) is 11.7 Å². The second kappa shape index (κ2) is 8.57. The minimum Gasteiger partial charge on any atom is -0.378 e. The summed E-state index contributed by atoms with van der Waals surface area (Å²) in [5, 5.41) is 1.01. The molecule has 0 atom stereocenters. The summed E-state index contributed by atoms with van der Waals surface area (Å²) in [5.74, 6) is -0.107. The van der Waals surface area contributed by atoms with Crippen molar-refractivity contribution in [3.8, 4) is 0 Å². The van der Waals surface area contributed by atoms with Gasteiger partial charge in [-0.2, -0.15) is 0 Å². The van der Waals surface area contributed by atoms with Crippen molar-refractivity contribution in [3.05, 3.63) is 71.7 Å². The molecule has 1 aliphatic rings. The van der Waals surface area contributed by atoms with Crippen LogP contribution in [-0.2, 0) is 17.7 Å². The number of hydrogen-bond acceptors (Lipinski definition) is 2. The molecule has 1 fully saturated rings. The lowest BCUT2D eigenvalue weighted by atomic mass is 10.1. The maximum absolute atomic E-state index is 13.0. The van der Waals surface area contributed by atoms with Crippen LogP contribution in [0.3, 0.4) is 0 Å². The smallest absolute Gasteiger partial charge is 0.256 e. The molecule has 1 aromatic heterocycles. The van der Waals surface area contributed by atoms with Crippen LogP contribution in [0.15, 0.2) is 54.7 Å². The number of aryl methyl sites for hydroxylation is 2. The van der Waals surface area contributed by atoms with Crippen molar-refractivity contribution in [1.82, 2.24) is 9.47 Å². The van der Waals surface area contributed by atoms with Gasteiger partial charge in [-0.05, 0) is 43.0 Å². The summed E-state index contributed by atoms with van der Waals surface area (Å²) in [6, 6.07) is 14.8. The van der Waals surface area contributed by atoms with Crippen molar-refractivity contribution >= 4 is 16.8 Å². The van der Waals surface area contributed by atoms with Gasteiger partial charge in [0, 0.05) is 36.7 Å². The lowest BCUT2D eigenvalue weighted by Crippen LogP contribution is -2.40. The number of rotatable bonds is 6. The van der Waals surface area contributed by atoms with Crippen LogP contribution in [0.5, 0.6) is 0 Å². The largest absolute Gasteiger partial charge is 0.378 e. The number of morpholine rings is 1. The molecule has 0 radical (unpaired) electrons. The number of amides is 1. The van der Waals surface area contributed by atoms with E-state index in [2.05, 4.69) is 10.6 Å². The lowest BCUT2D eigenvalue weighted by Gasteiger charge is -2.26. The highest BCUT2D eigenvalue weighted by Gasteiger charge is 2.22. The second-order valence-corrected chi connectivity index (χ2v) is 7.24. The van der Waals surface area contributed by atoms with Gasteiger partial charge >= 0.3 is 0 Å². The molecule has 5 heteroatoms. The topological polar surface area (TPSA) is 34.5 Å². The standard InChI is InChI=1S/C23H25FN2O2/c24-19-10-8-18(9-11-19)5-3-4-12-26-17-21(20-6-1-2-7-22(20)26)23(27)25-13-15-28-16-14-25/h1-2,6-11,17H,3-5,12-16H2. The van der Waals surface area contributed by atoms with E-state index in [1.54, 1.807) is 0 Å². The molecule has 0 N–H and O–H groups in total. The van der Waals surface area contributed by atoms with E-state index in [9.17, 15) is 9.18 Å². The number of unbranched alkanes of at least 4 members (excludes halogenated alkanes) is 1. The zero-order valence-electron chi connectivity index (χ0n) is 15.9. The molecule has 1 aliphatic heterocycles. The van der Waals surface area contributed by atoms with E-state index < -0.39 is 0 Å². The first-order chi connectivity index (χ1) is 13.7. The molecule has 3 aromatic rings. The number of para-hydroxylation sites is 1. The van der Waals surface area contributed by atoms with Crippen molar-refractivity contribution in [3.63, 3.8) is 0 Å². The van der Waals surface area contributed by atoms with E-state index in [0.29, 0.717) is 26.3 Å². The Morgan fingerprint density at radius 3 is 2.54 bits per heavy atom. The van der Waals surface area contributed by atoms with Gasteiger partial charge in [0.25, 0.3) is 5.91 Å². The van der Waals surface area contributed by atoms with Crippen molar-refractivity contribution in [1.29, 1.82) is 0 Å². The molecular weight excluding hydrogens is 355 g/mol. The highest BCUT2D eigenvalue weighted by atomic mass is 19.1. The molecule has 2 heterocycles. The van der Waals surface area contributed by atoms with Crippen molar-refractivity contribution < 1.29 is 13.9 Å². The summed E-state index contributed by atoms with van der Waals surface area (Å²) in [6.45, 7) is 3.37. The van der Waals surface area contributed by atoms with Crippen LogP contribution >= 0.6 is 0 Å². The third-order valence-corrected chi connectivity index (χ3v) is 5.35. The quantitative estimate of drug-likeness (QED) is 0.599. The third-order valence-electron chi connectivity index (χ3n) is 5.35. The van der Waals surface area contributed by atoms with Gasteiger partial charge in [-0.3, -0.25) is 4.79 Å². The Morgan fingerprint density at radius 1 is 1.00 bits per heavy atom. The monoisotopic (exact) mass is 380 g/mol. The van der Waals surface area contributed by atoms with Crippen LogP contribution in [-0.4, -0.2) is 41.7 Å². The first-order valence-corrected chi connectivity index (χ1v) is 9.92. The van der Waals surface area contributed by atoms with Gasteiger partial charge in [-0.15, -0.1) is 0 Å². The number of fused-ring (bicyclic) bond motifs is 1. The Labute approximate surface area is 164 Å². The van der Waals surface area contributed by atoms with Gasteiger partial charge in [0.05, 0.1) is 18.8 Å². The second-order valence-electron chi connectivity index (χ2n) is 7.24. The summed E-state index contributed by atoms with van der Waals surface area (Å²) in [6.07, 6.45) is 4.95. The number of carbonyl (C=O) groups is 1. The van der Waals surface area contributed by atoms with Crippen LogP contribution < -0.4 is 0 Å². The van der Waals surface area contributed by atoms with Crippen LogP contribution in [0.25, 0.3) is 10.9 Å². The number of aromatic nitrogens is 1. The number of nitrogens with zero attached hydrogens (tertiary/aromatic N) is 2. The summed E-state index contributed by atoms with van der Waals surface area (Å²) in [4.78, 5) is 14.9. The van der Waals surface area contributed by atoms with Crippen LogP contribution in [0, 0.1) is 5.82 Å².